The number of rotatable bonds is 7. The molecule has 0 amide bonds. The van der Waals surface area contributed by atoms with Crippen LogP contribution in [-0.4, -0.2) is 30.1 Å². The van der Waals surface area contributed by atoms with Crippen LogP contribution in [0.5, 0.6) is 0 Å². The molecule has 0 aliphatic heterocycles. The van der Waals surface area contributed by atoms with Crippen molar-refractivity contribution in [3.8, 4) is 0 Å². The summed E-state index contributed by atoms with van der Waals surface area (Å²) in [7, 11) is 0. The molecule has 0 rings (SSSR count). The Morgan fingerprint density at radius 2 is 1.37 bits per heavy atom. The van der Waals surface area contributed by atoms with Crippen molar-refractivity contribution in [1.29, 1.82) is 0 Å². The molecule has 0 aliphatic carbocycles. The number of ether oxygens (including phenoxy) is 1. The molecular formula is C13H26O6. The van der Waals surface area contributed by atoms with Crippen molar-refractivity contribution in [2.75, 3.05) is 6.61 Å². The minimum Gasteiger partial charge on any atom is -0.462 e. The Morgan fingerprint density at radius 3 is 1.68 bits per heavy atom. The van der Waals surface area contributed by atoms with Gasteiger partial charge in [0.1, 0.15) is 0 Å². The maximum Gasteiger partial charge on any atom is 0.369 e. The smallest absolute Gasteiger partial charge is 0.369 e. The molecule has 0 bridgehead atoms. The summed E-state index contributed by atoms with van der Waals surface area (Å²) in [5.41, 5.74) is -1.15. The molecule has 0 aromatic rings. The summed E-state index contributed by atoms with van der Waals surface area (Å²) in [6, 6.07) is 0. The number of esters is 1. The van der Waals surface area contributed by atoms with E-state index in [2.05, 4.69) is 0 Å². The van der Waals surface area contributed by atoms with Gasteiger partial charge in [0.25, 0.3) is 0 Å². The highest BCUT2D eigenvalue weighted by molar-refractivity contribution is 5.72. The average Bonchev–Trinajstić information content (AvgIpc) is 2.23. The van der Waals surface area contributed by atoms with Gasteiger partial charge in [0, 0.05) is 0 Å². The van der Waals surface area contributed by atoms with E-state index in [1.807, 2.05) is 6.92 Å². The van der Waals surface area contributed by atoms with Crippen LogP contribution in [0.2, 0.25) is 0 Å². The van der Waals surface area contributed by atoms with Gasteiger partial charge in [-0.2, -0.15) is 9.78 Å². The molecule has 6 heteroatoms. The van der Waals surface area contributed by atoms with E-state index in [0.717, 1.165) is 0 Å². The first-order valence-electron chi connectivity index (χ1n) is 6.41. The predicted octanol–water partition coefficient (Wildman–Crippen LogP) is 2.76. The summed E-state index contributed by atoms with van der Waals surface area (Å²) in [4.78, 5) is 31.7. The molecule has 0 heterocycles. The van der Waals surface area contributed by atoms with Gasteiger partial charge in [0.05, 0.1) is 17.8 Å². The third-order valence-electron chi connectivity index (χ3n) is 1.41. The van der Waals surface area contributed by atoms with Gasteiger partial charge in [0.2, 0.25) is 0 Å². The Labute approximate surface area is 115 Å². The number of hydrogen-bond donors (Lipinski definition) is 0. The summed E-state index contributed by atoms with van der Waals surface area (Å²) in [5.74, 6) is -0.685. The van der Waals surface area contributed by atoms with Crippen molar-refractivity contribution in [2.24, 2.45) is 0 Å². The zero-order chi connectivity index (χ0) is 15.1. The second kappa shape index (κ2) is 7.79. The molecule has 19 heavy (non-hydrogen) atoms. The molecular weight excluding hydrogens is 252 g/mol. The molecule has 0 unspecified atom stereocenters. The number of carbonyl (C=O) groups is 1. The fourth-order valence-corrected chi connectivity index (χ4v) is 0.741. The van der Waals surface area contributed by atoms with E-state index in [0.29, 0.717) is 6.42 Å². The van der Waals surface area contributed by atoms with Crippen molar-refractivity contribution in [3.63, 3.8) is 0 Å². The van der Waals surface area contributed by atoms with E-state index in [1.54, 1.807) is 41.5 Å². The fourth-order valence-electron chi connectivity index (χ4n) is 0.741. The molecule has 0 saturated carbocycles. The van der Waals surface area contributed by atoms with Crippen molar-refractivity contribution in [3.05, 3.63) is 0 Å². The zero-order valence-electron chi connectivity index (χ0n) is 12.9. The van der Waals surface area contributed by atoms with Gasteiger partial charge in [-0.3, -0.25) is 0 Å². The molecule has 0 saturated heterocycles. The van der Waals surface area contributed by atoms with Crippen LogP contribution in [0.15, 0.2) is 0 Å². The fraction of sp³-hybridized carbons (Fsp3) is 0.923. The summed E-state index contributed by atoms with van der Waals surface area (Å²) >= 11 is 0. The lowest BCUT2D eigenvalue weighted by Crippen LogP contribution is -2.35. The lowest BCUT2D eigenvalue weighted by Gasteiger charge is -2.24. The van der Waals surface area contributed by atoms with Crippen molar-refractivity contribution >= 4 is 5.97 Å². The Kier molecular flexibility index (Phi) is 7.51. The Balaban J connectivity index is 4.41. The lowest BCUT2D eigenvalue weighted by molar-refractivity contribution is -0.486. The normalized spacial score (nSPS) is 12.8. The van der Waals surface area contributed by atoms with E-state index in [-0.39, 0.29) is 6.61 Å². The van der Waals surface area contributed by atoms with E-state index < -0.39 is 23.5 Å². The summed E-state index contributed by atoms with van der Waals surface area (Å²) < 4.78 is 4.93. The van der Waals surface area contributed by atoms with Crippen LogP contribution in [0.1, 0.15) is 54.9 Å². The second-order valence-corrected chi connectivity index (χ2v) is 6.08. The third-order valence-corrected chi connectivity index (χ3v) is 1.41. The van der Waals surface area contributed by atoms with Gasteiger partial charge in [-0.1, -0.05) is 6.92 Å². The first kappa shape index (κ1) is 18.3. The van der Waals surface area contributed by atoms with E-state index in [1.165, 1.54) is 0 Å². The molecule has 0 aromatic heterocycles. The monoisotopic (exact) mass is 278 g/mol. The molecule has 6 nitrogen and oxygen atoms in total. The molecule has 0 fully saturated rings. The highest BCUT2D eigenvalue weighted by atomic mass is 17.3. The first-order valence-corrected chi connectivity index (χ1v) is 6.41. The van der Waals surface area contributed by atoms with Crippen molar-refractivity contribution < 1.29 is 29.1 Å². The minimum atomic E-state index is -1.37. The van der Waals surface area contributed by atoms with E-state index in [4.69, 9.17) is 24.3 Å². The van der Waals surface area contributed by atoms with Gasteiger partial charge in [0.15, 0.2) is 0 Å². The minimum absolute atomic E-state index is 0.285. The molecule has 0 N–H and O–H groups in total. The maximum atomic E-state index is 11.7. The number of carbonyl (C=O) groups excluding carboxylic acids is 1. The maximum absolute atomic E-state index is 11.7. The van der Waals surface area contributed by atoms with E-state index >= 15 is 0 Å². The summed E-state index contributed by atoms with van der Waals surface area (Å²) in [6.07, 6.45) is -0.663. The quantitative estimate of drug-likeness (QED) is 0.309. The lowest BCUT2D eigenvalue weighted by atomic mass is 10.2. The van der Waals surface area contributed by atoms with Gasteiger partial charge < -0.3 is 4.74 Å². The molecule has 0 radical (unpaired) electrons. The van der Waals surface area contributed by atoms with Crippen molar-refractivity contribution in [1.82, 2.24) is 0 Å². The molecule has 114 valence electrons. The second-order valence-electron chi connectivity index (χ2n) is 6.08. The standard InChI is InChI=1S/C13H26O6/c1-8-9-15-10(14)11(16-18-12(2,3)4)17-19-13(5,6)7/h11H,8-9H2,1-7H3. The predicted molar refractivity (Wildman–Crippen MR) is 68.9 cm³/mol. The van der Waals surface area contributed by atoms with Gasteiger partial charge >= 0.3 is 12.3 Å². The van der Waals surface area contributed by atoms with Crippen LogP contribution < -0.4 is 0 Å². The SMILES string of the molecule is CCCOC(=O)C(OOC(C)(C)C)OOC(C)(C)C. The third kappa shape index (κ3) is 10.9. The van der Waals surface area contributed by atoms with Crippen LogP contribution in [0.25, 0.3) is 0 Å². The molecule has 0 spiro atoms. The summed E-state index contributed by atoms with van der Waals surface area (Å²) in [5, 5.41) is 0. The Bertz CT molecular complexity index is 245. The first-order chi connectivity index (χ1) is 8.55. The molecule has 0 atom stereocenters. The van der Waals surface area contributed by atoms with Crippen molar-refractivity contribution in [2.45, 2.75) is 72.4 Å². The largest absolute Gasteiger partial charge is 0.462 e. The van der Waals surface area contributed by atoms with Crippen LogP contribution in [-0.2, 0) is 29.1 Å². The molecule has 0 aliphatic rings. The zero-order valence-corrected chi connectivity index (χ0v) is 12.9. The van der Waals surface area contributed by atoms with E-state index in [9.17, 15) is 4.79 Å². The Hall–Kier alpha value is -0.690. The topological polar surface area (TPSA) is 63.2 Å². The highest BCUT2D eigenvalue weighted by Gasteiger charge is 2.29. The van der Waals surface area contributed by atoms with Gasteiger partial charge in [-0.05, 0) is 48.0 Å². The highest BCUT2D eigenvalue weighted by Crippen LogP contribution is 2.14. The number of hydrogen-bond acceptors (Lipinski definition) is 6. The van der Waals surface area contributed by atoms with Gasteiger partial charge in [-0.25, -0.2) is 14.6 Å². The van der Waals surface area contributed by atoms with Crippen LogP contribution >= 0.6 is 0 Å². The average molecular weight is 278 g/mol. The van der Waals surface area contributed by atoms with Crippen LogP contribution in [0, 0.1) is 0 Å². The van der Waals surface area contributed by atoms with Crippen LogP contribution in [0.3, 0.4) is 0 Å². The summed E-state index contributed by atoms with van der Waals surface area (Å²) in [6.45, 7) is 12.9. The molecule has 0 aromatic carbocycles. The van der Waals surface area contributed by atoms with Crippen LogP contribution in [0.4, 0.5) is 0 Å². The van der Waals surface area contributed by atoms with Gasteiger partial charge in [-0.15, -0.1) is 0 Å². The Morgan fingerprint density at radius 1 is 0.947 bits per heavy atom.